The molecule has 3 atom stereocenters. The molecular weight excluding hydrogens is 506 g/mol. The highest BCUT2D eigenvalue weighted by Gasteiger charge is 2.24. The maximum atomic E-state index is 12.4. The number of carboxylic acid groups (broad SMARTS) is 1. The van der Waals surface area contributed by atoms with Gasteiger partial charge in [0.15, 0.2) is 17.3 Å². The first-order valence-corrected chi connectivity index (χ1v) is 12.3. The number of ketones is 3. The molecule has 11 nitrogen and oxygen atoms in total. The van der Waals surface area contributed by atoms with Crippen LogP contribution in [0, 0.1) is 0 Å². The third-order valence-electron chi connectivity index (χ3n) is 4.54. The maximum Gasteiger partial charge on any atom is 0.303 e. The van der Waals surface area contributed by atoms with E-state index in [0.717, 1.165) is 0 Å². The summed E-state index contributed by atoms with van der Waals surface area (Å²) in [5, 5.41) is 16.0. The second-order valence-corrected chi connectivity index (χ2v) is 8.43. The molecule has 34 heavy (non-hydrogen) atoms. The van der Waals surface area contributed by atoms with Crippen LogP contribution in [0.2, 0.25) is 0 Å². The molecule has 14 heteroatoms. The molecule has 0 aromatic heterocycles. The highest BCUT2D eigenvalue weighted by molar-refractivity contribution is 7.80. The van der Waals surface area contributed by atoms with Gasteiger partial charge in [0.25, 0.3) is 0 Å². The topological polar surface area (TPSA) is 176 Å². The lowest BCUT2D eigenvalue weighted by Crippen LogP contribution is -2.45. The summed E-state index contributed by atoms with van der Waals surface area (Å²) in [6.07, 6.45) is -1.47. The van der Waals surface area contributed by atoms with Gasteiger partial charge in [0.1, 0.15) is 0 Å². The van der Waals surface area contributed by atoms with Gasteiger partial charge in [-0.15, -0.1) is 0 Å². The number of hydrogen-bond donors (Lipinski definition) is 7. The fourth-order valence-electron chi connectivity index (χ4n) is 2.69. The van der Waals surface area contributed by atoms with Crippen molar-refractivity contribution >= 4 is 78.9 Å². The number of carbonyl (C=O) groups excluding carboxylic acids is 6. The second-order valence-electron chi connectivity index (χ2n) is 7.33. The van der Waals surface area contributed by atoms with Gasteiger partial charge in [-0.05, 0) is 0 Å². The van der Waals surface area contributed by atoms with E-state index < -0.39 is 53.4 Å². The molecule has 0 heterocycles. The first-order chi connectivity index (χ1) is 15.9. The maximum absolute atomic E-state index is 12.4. The Hall–Kier alpha value is -2.06. The number of carbonyl (C=O) groups is 7. The summed E-state index contributed by atoms with van der Waals surface area (Å²) >= 11 is 12.0. The van der Waals surface area contributed by atoms with Crippen molar-refractivity contribution in [1.82, 2.24) is 16.0 Å². The van der Waals surface area contributed by atoms with E-state index in [1.165, 1.54) is 6.92 Å². The van der Waals surface area contributed by atoms with Crippen LogP contribution >= 0.6 is 37.9 Å². The molecule has 192 valence electrons. The Morgan fingerprint density at radius 2 is 0.912 bits per heavy atom. The van der Waals surface area contributed by atoms with Gasteiger partial charge in [0.05, 0.1) is 24.5 Å². The third kappa shape index (κ3) is 13.6. The summed E-state index contributed by atoms with van der Waals surface area (Å²) in [4.78, 5) is 82.3. The largest absolute Gasteiger partial charge is 0.481 e. The van der Waals surface area contributed by atoms with Gasteiger partial charge in [0, 0.05) is 56.3 Å². The highest BCUT2D eigenvalue weighted by atomic mass is 32.1. The van der Waals surface area contributed by atoms with Crippen molar-refractivity contribution in [2.45, 2.75) is 63.6 Å². The van der Waals surface area contributed by atoms with Crippen molar-refractivity contribution in [2.24, 2.45) is 0 Å². The minimum absolute atomic E-state index is 0.0256. The van der Waals surface area contributed by atoms with Crippen LogP contribution in [-0.2, 0) is 33.6 Å². The molecule has 0 bridgehead atoms. The van der Waals surface area contributed by atoms with E-state index in [2.05, 4.69) is 53.8 Å². The van der Waals surface area contributed by atoms with E-state index in [1.807, 2.05) is 0 Å². The molecule has 0 aliphatic rings. The van der Waals surface area contributed by atoms with E-state index in [1.54, 1.807) is 0 Å². The van der Waals surface area contributed by atoms with Crippen molar-refractivity contribution in [1.29, 1.82) is 0 Å². The number of thiol groups is 3. The monoisotopic (exact) mass is 537 g/mol. The van der Waals surface area contributed by atoms with Crippen molar-refractivity contribution in [2.75, 3.05) is 17.3 Å². The number of carboxylic acids is 1. The molecule has 0 unspecified atom stereocenters. The van der Waals surface area contributed by atoms with Crippen molar-refractivity contribution in [3.63, 3.8) is 0 Å². The van der Waals surface area contributed by atoms with Gasteiger partial charge >= 0.3 is 5.97 Å². The van der Waals surface area contributed by atoms with E-state index in [9.17, 15) is 33.6 Å². The SMILES string of the molecule is CC(=O)N[C@@H](CS)C(=O)CCC(=O)N[C@@H](CS)C(=O)CCC(=O)N[C@@H](CS)C(=O)CCC(=O)O. The van der Waals surface area contributed by atoms with Crippen LogP contribution in [0.5, 0.6) is 0 Å². The number of nitrogens with one attached hydrogen (secondary N) is 3. The molecule has 0 fully saturated rings. The predicted molar refractivity (Wildman–Crippen MR) is 133 cm³/mol. The van der Waals surface area contributed by atoms with Gasteiger partial charge in [-0.3, -0.25) is 33.6 Å². The van der Waals surface area contributed by atoms with Crippen LogP contribution < -0.4 is 16.0 Å². The van der Waals surface area contributed by atoms with E-state index in [-0.39, 0.29) is 61.6 Å². The zero-order valence-electron chi connectivity index (χ0n) is 18.7. The fraction of sp³-hybridized carbons (Fsp3) is 0.650. The lowest BCUT2D eigenvalue weighted by atomic mass is 10.1. The summed E-state index contributed by atoms with van der Waals surface area (Å²) in [5.74, 6) is -3.98. The van der Waals surface area contributed by atoms with Gasteiger partial charge < -0.3 is 21.1 Å². The molecule has 3 amide bonds. The predicted octanol–water partition coefficient (Wildman–Crippen LogP) is -0.617. The second kappa shape index (κ2) is 17.4. The molecule has 0 aromatic rings. The fourth-order valence-corrected chi connectivity index (χ4v) is 3.57. The van der Waals surface area contributed by atoms with E-state index in [0.29, 0.717) is 0 Å². The molecule has 0 radical (unpaired) electrons. The summed E-state index contributed by atoms with van der Waals surface area (Å²) in [7, 11) is 0. The molecule has 0 saturated carbocycles. The lowest BCUT2D eigenvalue weighted by Gasteiger charge is -2.18. The Bertz CT molecular complexity index is 778. The molecule has 4 N–H and O–H groups in total. The van der Waals surface area contributed by atoms with E-state index >= 15 is 0 Å². The zero-order chi connectivity index (χ0) is 26.3. The number of Topliss-reactive ketones (excluding diaryl/α,β-unsaturated/α-hetero) is 3. The Kier molecular flexibility index (Phi) is 16.3. The summed E-state index contributed by atoms with van der Waals surface area (Å²) in [5.41, 5.74) is 0. The van der Waals surface area contributed by atoms with Crippen LogP contribution in [0.15, 0.2) is 0 Å². The molecule has 0 rings (SSSR count). The molecule has 0 saturated heterocycles. The quantitative estimate of drug-likeness (QED) is 0.113. The van der Waals surface area contributed by atoms with Gasteiger partial charge in [0.2, 0.25) is 17.7 Å². The Labute approximate surface area is 214 Å². The zero-order valence-corrected chi connectivity index (χ0v) is 21.4. The Balaban J connectivity index is 4.59. The van der Waals surface area contributed by atoms with E-state index in [4.69, 9.17) is 5.11 Å². The van der Waals surface area contributed by atoms with Crippen LogP contribution in [0.3, 0.4) is 0 Å². The van der Waals surface area contributed by atoms with Crippen molar-refractivity contribution < 1.29 is 38.7 Å². The number of aliphatic carboxylic acids is 1. The minimum atomic E-state index is -1.14. The normalized spacial score (nSPS) is 13.2. The summed E-state index contributed by atoms with van der Waals surface area (Å²) < 4.78 is 0. The van der Waals surface area contributed by atoms with Crippen molar-refractivity contribution in [3.05, 3.63) is 0 Å². The average Bonchev–Trinajstić information content (AvgIpc) is 2.79. The third-order valence-corrected chi connectivity index (χ3v) is 5.64. The highest BCUT2D eigenvalue weighted by Crippen LogP contribution is 2.05. The summed E-state index contributed by atoms with van der Waals surface area (Å²) in [6, 6.07) is -2.76. The average molecular weight is 538 g/mol. The standard InChI is InChI=1S/C20H31N3O8S3/c1-11(24)21-12(8-32)15(25)2-5-18(28)22-13(9-33)16(26)3-6-19(29)23-14(10-34)17(27)4-7-20(30)31/h12-14,32-34H,2-10H2,1H3,(H,21,24)(H,22,28)(H,23,29)(H,30,31)/t12-,13-,14-/m0/s1. The van der Waals surface area contributed by atoms with Crippen LogP contribution in [0.1, 0.15) is 45.4 Å². The lowest BCUT2D eigenvalue weighted by molar-refractivity contribution is -0.138. The number of hydrogen-bond acceptors (Lipinski definition) is 10. The van der Waals surface area contributed by atoms with Gasteiger partial charge in [-0.2, -0.15) is 37.9 Å². The molecule has 0 spiro atoms. The Morgan fingerprint density at radius 1 is 0.588 bits per heavy atom. The molecule has 0 aromatic carbocycles. The van der Waals surface area contributed by atoms with Gasteiger partial charge in [-0.1, -0.05) is 0 Å². The molecule has 0 aliphatic heterocycles. The molecule has 0 aliphatic carbocycles. The minimum Gasteiger partial charge on any atom is -0.481 e. The first-order valence-electron chi connectivity index (χ1n) is 10.4. The smallest absolute Gasteiger partial charge is 0.303 e. The van der Waals surface area contributed by atoms with Crippen LogP contribution in [0.25, 0.3) is 0 Å². The number of amides is 3. The molecular formula is C20H31N3O8S3. The van der Waals surface area contributed by atoms with Gasteiger partial charge in [-0.25, -0.2) is 0 Å². The van der Waals surface area contributed by atoms with Crippen molar-refractivity contribution in [3.8, 4) is 0 Å². The first kappa shape index (κ1) is 31.9. The number of rotatable bonds is 18. The summed E-state index contributed by atoms with van der Waals surface area (Å²) in [6.45, 7) is 1.26. The van der Waals surface area contributed by atoms with Crippen LogP contribution in [-0.4, -0.2) is 81.5 Å². The van der Waals surface area contributed by atoms with Crippen LogP contribution in [0.4, 0.5) is 0 Å². The Morgan fingerprint density at radius 3 is 1.21 bits per heavy atom.